The van der Waals surface area contributed by atoms with Gasteiger partial charge in [0.15, 0.2) is 12.2 Å². The van der Waals surface area contributed by atoms with Gasteiger partial charge in [-0.15, -0.1) is 0 Å². The zero-order valence-corrected chi connectivity index (χ0v) is 12.9. The number of hydrogen-bond acceptors (Lipinski definition) is 4. The molecule has 4 nitrogen and oxygen atoms in total. The van der Waals surface area contributed by atoms with Crippen LogP contribution in [0.1, 0.15) is 20.8 Å². The first-order valence-corrected chi connectivity index (χ1v) is 6.97. The largest absolute Gasteiger partial charge is 0.457 e. The number of ether oxygens (including phenoxy) is 2. The average molecular weight is 370 g/mol. The SMILES string of the molecule is CC(=O)O[C@@H]1[C@H](OC(C)=O)[C@@H](Br)C=C(C)[C@H]1Br. The molecule has 17 heavy (non-hydrogen) atoms. The molecule has 0 aromatic rings. The molecule has 0 fully saturated rings. The maximum absolute atomic E-state index is 11.1. The van der Waals surface area contributed by atoms with E-state index in [1.54, 1.807) is 0 Å². The molecule has 0 spiro atoms. The summed E-state index contributed by atoms with van der Waals surface area (Å²) in [5.41, 5.74) is 1.03. The fourth-order valence-electron chi connectivity index (χ4n) is 1.69. The van der Waals surface area contributed by atoms with E-state index in [-0.39, 0.29) is 9.65 Å². The molecule has 0 aliphatic heterocycles. The van der Waals surface area contributed by atoms with E-state index < -0.39 is 24.1 Å². The van der Waals surface area contributed by atoms with Crippen molar-refractivity contribution in [2.24, 2.45) is 0 Å². The first-order chi connectivity index (χ1) is 7.82. The monoisotopic (exact) mass is 368 g/mol. The third-order valence-corrected chi connectivity index (χ3v) is 4.42. The molecule has 0 heterocycles. The summed E-state index contributed by atoms with van der Waals surface area (Å²) in [5.74, 6) is -0.796. The Morgan fingerprint density at radius 2 is 1.59 bits per heavy atom. The number of rotatable bonds is 2. The fraction of sp³-hybridized carbons (Fsp3) is 0.636. The first-order valence-electron chi connectivity index (χ1n) is 5.14. The van der Waals surface area contributed by atoms with E-state index in [1.165, 1.54) is 13.8 Å². The van der Waals surface area contributed by atoms with Gasteiger partial charge in [-0.3, -0.25) is 9.59 Å². The van der Waals surface area contributed by atoms with Gasteiger partial charge in [-0.2, -0.15) is 0 Å². The van der Waals surface area contributed by atoms with Crippen molar-refractivity contribution < 1.29 is 19.1 Å². The van der Waals surface area contributed by atoms with Crippen LogP contribution in [0.2, 0.25) is 0 Å². The van der Waals surface area contributed by atoms with Crippen LogP contribution in [0.25, 0.3) is 0 Å². The van der Waals surface area contributed by atoms with Crippen LogP contribution in [-0.2, 0) is 19.1 Å². The normalized spacial score (nSPS) is 32.6. The zero-order chi connectivity index (χ0) is 13.2. The van der Waals surface area contributed by atoms with E-state index in [9.17, 15) is 9.59 Å². The lowest BCUT2D eigenvalue weighted by Gasteiger charge is -2.36. The highest BCUT2D eigenvalue weighted by atomic mass is 79.9. The summed E-state index contributed by atoms with van der Waals surface area (Å²) in [7, 11) is 0. The van der Waals surface area contributed by atoms with Crippen LogP contribution in [0.5, 0.6) is 0 Å². The van der Waals surface area contributed by atoms with Crippen molar-refractivity contribution in [3.05, 3.63) is 11.6 Å². The van der Waals surface area contributed by atoms with Gasteiger partial charge in [0.2, 0.25) is 0 Å². The van der Waals surface area contributed by atoms with Gasteiger partial charge in [0.25, 0.3) is 0 Å². The number of carbonyl (C=O) groups excluding carboxylic acids is 2. The number of hydrogen-bond donors (Lipinski definition) is 0. The Balaban J connectivity index is 2.95. The topological polar surface area (TPSA) is 52.6 Å². The molecular formula is C11H14Br2O4. The van der Waals surface area contributed by atoms with E-state index >= 15 is 0 Å². The van der Waals surface area contributed by atoms with Crippen LogP contribution in [0.4, 0.5) is 0 Å². The predicted molar refractivity (Wildman–Crippen MR) is 70.3 cm³/mol. The second kappa shape index (κ2) is 6.00. The second-order valence-corrected chi connectivity index (χ2v) is 5.95. The van der Waals surface area contributed by atoms with Crippen molar-refractivity contribution >= 4 is 43.8 Å². The Hall–Kier alpha value is -0.360. The molecule has 1 rings (SSSR count). The molecule has 0 bridgehead atoms. The van der Waals surface area contributed by atoms with E-state index in [1.807, 2.05) is 13.0 Å². The van der Waals surface area contributed by atoms with Gasteiger partial charge in [0.05, 0.1) is 9.65 Å². The van der Waals surface area contributed by atoms with Gasteiger partial charge < -0.3 is 9.47 Å². The molecule has 0 saturated heterocycles. The van der Waals surface area contributed by atoms with Crippen molar-refractivity contribution in [3.8, 4) is 0 Å². The molecule has 0 aromatic carbocycles. The minimum absolute atomic E-state index is 0.149. The lowest BCUT2D eigenvalue weighted by Crippen LogP contribution is -2.48. The minimum atomic E-state index is -0.524. The van der Waals surface area contributed by atoms with E-state index in [2.05, 4.69) is 31.9 Å². The maximum atomic E-state index is 11.1. The highest BCUT2D eigenvalue weighted by Crippen LogP contribution is 2.33. The fourth-order valence-corrected chi connectivity index (χ4v) is 3.07. The molecule has 1 aliphatic carbocycles. The summed E-state index contributed by atoms with van der Waals surface area (Å²) in [4.78, 5) is 21.8. The van der Waals surface area contributed by atoms with Gasteiger partial charge in [-0.25, -0.2) is 0 Å². The van der Waals surface area contributed by atoms with E-state index in [4.69, 9.17) is 9.47 Å². The van der Waals surface area contributed by atoms with Crippen molar-refractivity contribution in [3.63, 3.8) is 0 Å². The smallest absolute Gasteiger partial charge is 0.303 e. The minimum Gasteiger partial charge on any atom is -0.457 e. The zero-order valence-electron chi connectivity index (χ0n) is 9.78. The molecule has 0 saturated carbocycles. The van der Waals surface area contributed by atoms with E-state index in [0.29, 0.717) is 0 Å². The summed E-state index contributed by atoms with van der Waals surface area (Å²) < 4.78 is 10.4. The van der Waals surface area contributed by atoms with Crippen molar-refractivity contribution in [1.29, 1.82) is 0 Å². The number of carbonyl (C=O) groups is 2. The van der Waals surface area contributed by atoms with Crippen LogP contribution in [-0.4, -0.2) is 33.8 Å². The van der Waals surface area contributed by atoms with Gasteiger partial charge >= 0.3 is 11.9 Å². The van der Waals surface area contributed by atoms with Crippen LogP contribution in [0, 0.1) is 0 Å². The Bertz CT molecular complexity index is 353. The molecule has 96 valence electrons. The third-order valence-electron chi connectivity index (χ3n) is 2.39. The van der Waals surface area contributed by atoms with Crippen LogP contribution < -0.4 is 0 Å². The maximum Gasteiger partial charge on any atom is 0.303 e. The molecule has 0 unspecified atom stereocenters. The lowest BCUT2D eigenvalue weighted by molar-refractivity contribution is -0.164. The lowest BCUT2D eigenvalue weighted by atomic mass is 9.94. The molecule has 0 radical (unpaired) electrons. The Kier molecular flexibility index (Phi) is 5.19. The van der Waals surface area contributed by atoms with Gasteiger partial charge in [0.1, 0.15) is 0 Å². The molecule has 0 N–H and O–H groups in total. The Labute approximate surface area is 117 Å². The molecule has 1 aliphatic rings. The van der Waals surface area contributed by atoms with Crippen LogP contribution in [0.3, 0.4) is 0 Å². The van der Waals surface area contributed by atoms with Crippen LogP contribution in [0.15, 0.2) is 11.6 Å². The Morgan fingerprint density at radius 1 is 1.12 bits per heavy atom. The summed E-state index contributed by atoms with van der Waals surface area (Å²) in [6, 6.07) is 0. The summed E-state index contributed by atoms with van der Waals surface area (Å²) >= 11 is 6.86. The number of alkyl halides is 2. The average Bonchev–Trinajstić information content (AvgIpc) is 2.19. The summed E-state index contributed by atoms with van der Waals surface area (Å²) in [6.07, 6.45) is 0.891. The molecule has 6 heteroatoms. The Morgan fingerprint density at radius 3 is 2.06 bits per heavy atom. The molecule has 4 atom stereocenters. The van der Waals surface area contributed by atoms with Crippen molar-refractivity contribution in [2.75, 3.05) is 0 Å². The van der Waals surface area contributed by atoms with Gasteiger partial charge in [-0.05, 0) is 6.92 Å². The molecule has 0 aromatic heterocycles. The molecular weight excluding hydrogens is 356 g/mol. The highest BCUT2D eigenvalue weighted by Gasteiger charge is 2.41. The third kappa shape index (κ3) is 3.81. The van der Waals surface area contributed by atoms with Gasteiger partial charge in [0, 0.05) is 13.8 Å². The van der Waals surface area contributed by atoms with Crippen molar-refractivity contribution in [2.45, 2.75) is 42.6 Å². The molecule has 0 amide bonds. The standard InChI is InChI=1S/C11H14Br2O4/c1-5-4-8(12)10(16-6(2)14)11(9(5)13)17-7(3)15/h4,8-11H,1-3H3/t8-,9+,10+,11-/m0/s1. The predicted octanol–water partition coefficient (Wildman–Crippen LogP) is 2.34. The quantitative estimate of drug-likeness (QED) is 0.426. The van der Waals surface area contributed by atoms with Crippen LogP contribution >= 0.6 is 31.9 Å². The number of halogens is 2. The second-order valence-electron chi connectivity index (χ2n) is 3.90. The first kappa shape index (κ1) is 14.7. The van der Waals surface area contributed by atoms with Crippen molar-refractivity contribution in [1.82, 2.24) is 0 Å². The van der Waals surface area contributed by atoms with E-state index in [0.717, 1.165) is 5.57 Å². The number of esters is 2. The summed E-state index contributed by atoms with van der Waals surface area (Å²) in [6.45, 7) is 4.59. The summed E-state index contributed by atoms with van der Waals surface area (Å²) in [5, 5.41) is 0. The highest BCUT2D eigenvalue weighted by molar-refractivity contribution is 9.10. The van der Waals surface area contributed by atoms with Gasteiger partial charge in [-0.1, -0.05) is 43.5 Å².